The average Bonchev–Trinajstić information content (AvgIpc) is 3.57. The number of benzene rings is 2. The number of furan rings is 1. The molecule has 1 atom stereocenters. The lowest BCUT2D eigenvalue weighted by molar-refractivity contribution is -0.129. The maximum atomic E-state index is 13.6. The fourth-order valence-electron chi connectivity index (χ4n) is 4.41. The van der Waals surface area contributed by atoms with Crippen LogP contribution in [0.4, 0.5) is 4.39 Å². The van der Waals surface area contributed by atoms with E-state index in [1.807, 2.05) is 42.6 Å². The van der Waals surface area contributed by atoms with Crippen LogP contribution in [-0.4, -0.2) is 44.1 Å². The van der Waals surface area contributed by atoms with Gasteiger partial charge in [0.2, 0.25) is 11.6 Å². The monoisotopic (exact) mass is 453 g/mol. The van der Waals surface area contributed by atoms with E-state index in [9.17, 15) is 9.18 Å². The number of rotatable bonds is 4. The van der Waals surface area contributed by atoms with E-state index in [0.29, 0.717) is 35.8 Å². The Labute approximate surface area is 194 Å². The Bertz CT molecular complexity index is 1510. The summed E-state index contributed by atoms with van der Waals surface area (Å²) in [7, 11) is 1.79. The van der Waals surface area contributed by atoms with Crippen molar-refractivity contribution in [2.24, 2.45) is 0 Å². The Morgan fingerprint density at radius 1 is 1.00 bits per heavy atom. The van der Waals surface area contributed by atoms with Crippen molar-refractivity contribution in [3.8, 4) is 33.8 Å². The summed E-state index contributed by atoms with van der Waals surface area (Å²) in [6.07, 6.45) is 3.97. The molecule has 34 heavy (non-hydrogen) atoms. The molecule has 1 aliphatic rings. The van der Waals surface area contributed by atoms with Crippen LogP contribution < -0.4 is 0 Å². The highest BCUT2D eigenvalue weighted by Gasteiger charge is 2.32. The van der Waals surface area contributed by atoms with Crippen molar-refractivity contribution in [1.82, 2.24) is 24.6 Å². The Balaban J connectivity index is 1.54. The van der Waals surface area contributed by atoms with Gasteiger partial charge in [-0.3, -0.25) is 9.48 Å². The van der Waals surface area contributed by atoms with Gasteiger partial charge in [-0.05, 0) is 36.8 Å². The van der Waals surface area contributed by atoms with Crippen molar-refractivity contribution < 1.29 is 13.6 Å². The molecule has 8 heteroatoms. The largest absolute Gasteiger partial charge is 0.438 e. The summed E-state index contributed by atoms with van der Waals surface area (Å²) in [5, 5.41) is 5.52. The Morgan fingerprint density at radius 3 is 2.53 bits per heavy atom. The van der Waals surface area contributed by atoms with Crippen LogP contribution in [0.25, 0.3) is 44.9 Å². The van der Waals surface area contributed by atoms with Gasteiger partial charge in [-0.15, -0.1) is 0 Å². The van der Waals surface area contributed by atoms with Gasteiger partial charge in [0.05, 0.1) is 11.1 Å². The molecule has 1 amide bonds. The van der Waals surface area contributed by atoms with Gasteiger partial charge < -0.3 is 9.32 Å². The lowest BCUT2D eigenvalue weighted by atomic mass is 10.0. The number of carbonyl (C=O) groups excluding carboxylic acids is 1. The third-order valence-corrected chi connectivity index (χ3v) is 6.21. The van der Waals surface area contributed by atoms with E-state index in [-0.39, 0.29) is 17.8 Å². The number of carbonyl (C=O) groups is 1. The number of hydrogen-bond acceptors (Lipinski definition) is 5. The normalized spacial score (nSPS) is 16.0. The summed E-state index contributed by atoms with van der Waals surface area (Å²) in [6, 6.07) is 17.4. The van der Waals surface area contributed by atoms with Crippen LogP contribution in [0.3, 0.4) is 0 Å². The Morgan fingerprint density at radius 2 is 1.79 bits per heavy atom. The molecular weight excluding hydrogens is 433 g/mol. The highest BCUT2D eigenvalue weighted by atomic mass is 19.1. The lowest BCUT2D eigenvalue weighted by Crippen LogP contribution is -2.24. The van der Waals surface area contributed by atoms with Gasteiger partial charge in [0.15, 0.2) is 0 Å². The smallest absolute Gasteiger partial charge is 0.247 e. The van der Waals surface area contributed by atoms with E-state index < -0.39 is 0 Å². The second-order valence-corrected chi connectivity index (χ2v) is 8.36. The molecule has 5 aromatic rings. The molecule has 4 heterocycles. The topological polar surface area (TPSA) is 77.1 Å². The molecule has 1 fully saturated rings. The second kappa shape index (κ2) is 7.91. The van der Waals surface area contributed by atoms with Crippen LogP contribution >= 0.6 is 0 Å². The molecule has 0 bridgehead atoms. The minimum Gasteiger partial charge on any atom is -0.438 e. The number of hydrogen-bond donors (Lipinski definition) is 0. The van der Waals surface area contributed by atoms with Gasteiger partial charge in [-0.1, -0.05) is 30.3 Å². The first-order valence-corrected chi connectivity index (χ1v) is 11.0. The predicted molar refractivity (Wildman–Crippen MR) is 125 cm³/mol. The molecule has 0 saturated carbocycles. The Kier molecular flexibility index (Phi) is 4.72. The van der Waals surface area contributed by atoms with Crippen molar-refractivity contribution in [3.05, 3.63) is 79.0 Å². The maximum Gasteiger partial charge on any atom is 0.247 e. The number of halogens is 1. The number of likely N-dealkylation sites (N-methyl/N-ethyl adjacent to an activating group) is 1. The standard InChI is InChI=1S/C26H20FN5O2/c1-31-12-11-21(26(31)33)32-14-20(23(30-32)17-7-9-18(27)10-8-17)24-19-13-22(16-5-3-2-4-6-16)34-25(19)29-15-28-24/h2-10,13-15,21H,11-12H2,1H3/t21-/m1/s1. The van der Waals surface area contributed by atoms with E-state index in [1.54, 1.807) is 28.8 Å². The summed E-state index contributed by atoms with van der Waals surface area (Å²) in [6.45, 7) is 0.671. The quantitative estimate of drug-likeness (QED) is 0.384. The molecule has 2 aromatic carbocycles. The molecule has 3 aromatic heterocycles. The summed E-state index contributed by atoms with van der Waals surface area (Å²) in [5.41, 5.74) is 4.10. The van der Waals surface area contributed by atoms with Crippen LogP contribution in [0.1, 0.15) is 12.5 Å². The first-order chi connectivity index (χ1) is 16.6. The molecule has 1 saturated heterocycles. The third-order valence-electron chi connectivity index (χ3n) is 6.21. The van der Waals surface area contributed by atoms with Crippen molar-refractivity contribution >= 4 is 17.0 Å². The van der Waals surface area contributed by atoms with Gasteiger partial charge in [0, 0.05) is 36.5 Å². The van der Waals surface area contributed by atoms with Crippen molar-refractivity contribution in [2.75, 3.05) is 13.6 Å². The van der Waals surface area contributed by atoms with Crippen LogP contribution in [0, 0.1) is 5.82 Å². The SMILES string of the molecule is CN1CC[C@@H](n2cc(-c3ncnc4oc(-c5ccccc5)cc34)c(-c3ccc(F)cc3)n2)C1=O. The number of amides is 1. The lowest BCUT2D eigenvalue weighted by Gasteiger charge is -2.10. The minimum atomic E-state index is -0.389. The van der Waals surface area contributed by atoms with Gasteiger partial charge in [0.1, 0.15) is 29.6 Å². The number of likely N-dealkylation sites (tertiary alicyclic amines) is 1. The highest BCUT2D eigenvalue weighted by molar-refractivity contribution is 5.96. The Hall–Kier alpha value is -4.33. The first kappa shape index (κ1) is 20.3. The van der Waals surface area contributed by atoms with Gasteiger partial charge in [0.25, 0.3) is 0 Å². The van der Waals surface area contributed by atoms with E-state index in [2.05, 4.69) is 9.97 Å². The summed E-state index contributed by atoms with van der Waals surface area (Å²) >= 11 is 0. The van der Waals surface area contributed by atoms with Gasteiger partial charge in [-0.2, -0.15) is 5.10 Å². The molecule has 168 valence electrons. The summed E-state index contributed by atoms with van der Waals surface area (Å²) in [5.74, 6) is 0.368. The molecule has 0 aliphatic carbocycles. The molecule has 0 radical (unpaired) electrons. The van der Waals surface area contributed by atoms with E-state index in [0.717, 1.165) is 22.1 Å². The molecular formula is C26H20FN5O2. The second-order valence-electron chi connectivity index (χ2n) is 8.36. The van der Waals surface area contributed by atoms with E-state index >= 15 is 0 Å². The minimum absolute atomic E-state index is 0.0159. The van der Waals surface area contributed by atoms with Crippen LogP contribution in [-0.2, 0) is 4.79 Å². The van der Waals surface area contributed by atoms with E-state index in [4.69, 9.17) is 9.52 Å². The molecule has 0 unspecified atom stereocenters. The zero-order chi connectivity index (χ0) is 23.2. The maximum absolute atomic E-state index is 13.6. The van der Waals surface area contributed by atoms with Crippen LogP contribution in [0.5, 0.6) is 0 Å². The number of aromatic nitrogens is 4. The van der Waals surface area contributed by atoms with Crippen LogP contribution in [0.2, 0.25) is 0 Å². The van der Waals surface area contributed by atoms with Crippen molar-refractivity contribution in [3.63, 3.8) is 0 Å². The zero-order valence-electron chi connectivity index (χ0n) is 18.4. The number of fused-ring (bicyclic) bond motifs is 1. The predicted octanol–water partition coefficient (Wildman–Crippen LogP) is 4.96. The third kappa shape index (κ3) is 3.35. The summed E-state index contributed by atoms with van der Waals surface area (Å²) < 4.78 is 21.4. The summed E-state index contributed by atoms with van der Waals surface area (Å²) in [4.78, 5) is 23.3. The fourth-order valence-corrected chi connectivity index (χ4v) is 4.41. The molecule has 7 nitrogen and oxygen atoms in total. The fraction of sp³-hybridized carbons (Fsp3) is 0.154. The average molecular weight is 453 g/mol. The molecule has 0 spiro atoms. The van der Waals surface area contributed by atoms with Crippen LogP contribution in [0.15, 0.2) is 77.6 Å². The van der Waals surface area contributed by atoms with Crippen molar-refractivity contribution in [1.29, 1.82) is 0 Å². The van der Waals surface area contributed by atoms with Gasteiger partial charge in [-0.25, -0.2) is 14.4 Å². The molecule has 1 aliphatic heterocycles. The van der Waals surface area contributed by atoms with E-state index in [1.165, 1.54) is 18.5 Å². The molecule has 0 N–H and O–H groups in total. The zero-order valence-corrected chi connectivity index (χ0v) is 18.4. The highest BCUT2D eigenvalue weighted by Crippen LogP contribution is 2.38. The number of nitrogens with zero attached hydrogens (tertiary/aromatic N) is 5. The van der Waals surface area contributed by atoms with Crippen molar-refractivity contribution in [2.45, 2.75) is 12.5 Å². The molecule has 6 rings (SSSR count). The first-order valence-electron chi connectivity index (χ1n) is 11.0. The van der Waals surface area contributed by atoms with Gasteiger partial charge >= 0.3 is 0 Å².